The molecule has 4 heteroatoms. The second-order valence-corrected chi connectivity index (χ2v) is 5.75. The third kappa shape index (κ3) is 3.89. The molecule has 0 unspecified atom stereocenters. The number of aliphatic hydroxyl groups excluding tert-OH is 1. The van der Waals surface area contributed by atoms with Crippen molar-refractivity contribution in [1.29, 1.82) is 0 Å². The molecule has 15 heavy (non-hydrogen) atoms. The van der Waals surface area contributed by atoms with E-state index >= 15 is 0 Å². The Bertz CT molecular complexity index is 301. The van der Waals surface area contributed by atoms with Gasteiger partial charge in [0.05, 0.1) is 5.69 Å². The molecule has 0 radical (unpaired) electrons. The zero-order valence-electron chi connectivity index (χ0n) is 9.92. The zero-order valence-corrected chi connectivity index (χ0v) is 10.7. The molecule has 0 atom stereocenters. The quantitative estimate of drug-likeness (QED) is 0.810. The summed E-state index contributed by atoms with van der Waals surface area (Å²) in [6.45, 7) is 9.32. The zero-order chi connectivity index (χ0) is 11.5. The summed E-state index contributed by atoms with van der Waals surface area (Å²) >= 11 is 1.74. The summed E-state index contributed by atoms with van der Waals surface area (Å²) in [5.41, 5.74) is 1.10. The molecule has 0 saturated heterocycles. The number of hydrogen-bond donors (Lipinski definition) is 2. The van der Waals surface area contributed by atoms with Crippen LogP contribution in [0.4, 0.5) is 0 Å². The van der Waals surface area contributed by atoms with Crippen molar-refractivity contribution in [3.05, 3.63) is 15.6 Å². The number of nitrogens with zero attached hydrogens (tertiary/aromatic N) is 1. The lowest BCUT2D eigenvalue weighted by molar-refractivity contribution is 0.230. The van der Waals surface area contributed by atoms with Gasteiger partial charge in [-0.15, -0.1) is 11.3 Å². The Morgan fingerprint density at radius 1 is 1.40 bits per heavy atom. The highest BCUT2D eigenvalue weighted by Gasteiger charge is 2.16. The second-order valence-electron chi connectivity index (χ2n) is 4.46. The fourth-order valence-corrected chi connectivity index (χ4v) is 2.17. The van der Waals surface area contributed by atoms with Crippen molar-refractivity contribution in [3.63, 3.8) is 0 Å². The van der Waals surface area contributed by atoms with E-state index in [9.17, 15) is 0 Å². The summed E-state index contributed by atoms with van der Waals surface area (Å²) in [5, 5.41) is 13.4. The summed E-state index contributed by atoms with van der Waals surface area (Å²) in [5.74, 6) is 0. The van der Waals surface area contributed by atoms with E-state index in [0.29, 0.717) is 0 Å². The van der Waals surface area contributed by atoms with E-state index < -0.39 is 0 Å². The topological polar surface area (TPSA) is 45.2 Å². The maximum Gasteiger partial charge on any atom is 0.107 e. The summed E-state index contributed by atoms with van der Waals surface area (Å²) in [6.07, 6.45) is 0.760. The first-order valence-electron chi connectivity index (χ1n) is 5.23. The fraction of sp³-hybridized carbons (Fsp3) is 0.727. The molecule has 2 N–H and O–H groups in total. The maximum absolute atomic E-state index is 8.89. The minimum Gasteiger partial charge on any atom is -0.396 e. The lowest BCUT2D eigenvalue weighted by atomic mass is 10.0. The number of hydrogen-bond acceptors (Lipinski definition) is 4. The van der Waals surface area contributed by atoms with Crippen LogP contribution in [0.5, 0.6) is 0 Å². The Morgan fingerprint density at radius 2 is 2.07 bits per heavy atom. The molecule has 0 amide bonds. The molecule has 0 aliphatic carbocycles. The molecule has 0 fully saturated rings. The van der Waals surface area contributed by atoms with Gasteiger partial charge in [0, 0.05) is 23.6 Å². The van der Waals surface area contributed by atoms with Gasteiger partial charge in [-0.2, -0.15) is 0 Å². The molecule has 0 aliphatic heterocycles. The lowest BCUT2D eigenvalue weighted by Crippen LogP contribution is -2.39. The molecule has 1 aromatic rings. The van der Waals surface area contributed by atoms with Crippen LogP contribution >= 0.6 is 11.3 Å². The van der Waals surface area contributed by atoms with Crippen molar-refractivity contribution < 1.29 is 5.11 Å². The fourth-order valence-electron chi connectivity index (χ4n) is 1.30. The van der Waals surface area contributed by atoms with Crippen molar-refractivity contribution in [2.75, 3.05) is 6.61 Å². The number of aryl methyl sites for hydroxylation is 2. The third-order valence-electron chi connectivity index (χ3n) is 2.53. The van der Waals surface area contributed by atoms with Crippen molar-refractivity contribution in [2.45, 2.75) is 46.2 Å². The smallest absolute Gasteiger partial charge is 0.107 e. The van der Waals surface area contributed by atoms with Gasteiger partial charge in [-0.25, -0.2) is 4.98 Å². The normalized spacial score (nSPS) is 12.1. The standard InChI is InChI=1S/C11H20N2OS/c1-8-9(2)15-10(13-8)7-12-11(3,4)5-6-14/h12,14H,5-7H2,1-4H3. The van der Waals surface area contributed by atoms with Crippen LogP contribution in [-0.2, 0) is 6.54 Å². The molecule has 86 valence electrons. The van der Waals surface area contributed by atoms with Gasteiger partial charge in [0.25, 0.3) is 0 Å². The molecule has 0 aromatic carbocycles. The van der Waals surface area contributed by atoms with Gasteiger partial charge in [-0.05, 0) is 34.1 Å². The summed E-state index contributed by atoms with van der Waals surface area (Å²) in [4.78, 5) is 5.75. The number of thiazole rings is 1. The van der Waals surface area contributed by atoms with Gasteiger partial charge in [-0.3, -0.25) is 0 Å². The minimum atomic E-state index is -0.0256. The molecule has 1 heterocycles. The first-order chi connectivity index (χ1) is 6.94. The molecule has 3 nitrogen and oxygen atoms in total. The monoisotopic (exact) mass is 228 g/mol. The Balaban J connectivity index is 2.49. The molecular weight excluding hydrogens is 208 g/mol. The van der Waals surface area contributed by atoms with Crippen LogP contribution in [0.1, 0.15) is 35.8 Å². The SMILES string of the molecule is Cc1nc(CNC(C)(C)CCO)sc1C. The van der Waals surface area contributed by atoms with Crippen molar-refractivity contribution in [2.24, 2.45) is 0 Å². The van der Waals surface area contributed by atoms with Crippen LogP contribution in [0.3, 0.4) is 0 Å². The third-order valence-corrected chi connectivity index (χ3v) is 3.60. The first-order valence-corrected chi connectivity index (χ1v) is 6.05. The van der Waals surface area contributed by atoms with Crippen LogP contribution in [0, 0.1) is 13.8 Å². The van der Waals surface area contributed by atoms with Crippen LogP contribution in [0.15, 0.2) is 0 Å². The number of nitrogens with one attached hydrogen (secondary N) is 1. The summed E-state index contributed by atoms with van der Waals surface area (Å²) < 4.78 is 0. The molecule has 0 aliphatic rings. The molecule has 1 rings (SSSR count). The van der Waals surface area contributed by atoms with Crippen LogP contribution in [-0.4, -0.2) is 22.2 Å². The second kappa shape index (κ2) is 5.05. The maximum atomic E-state index is 8.89. The van der Waals surface area contributed by atoms with Gasteiger partial charge in [0.1, 0.15) is 5.01 Å². The van der Waals surface area contributed by atoms with Gasteiger partial charge < -0.3 is 10.4 Å². The molecule has 0 bridgehead atoms. The Hall–Kier alpha value is -0.450. The van der Waals surface area contributed by atoms with E-state index in [0.717, 1.165) is 23.7 Å². The highest BCUT2D eigenvalue weighted by molar-refractivity contribution is 7.11. The number of rotatable bonds is 5. The van der Waals surface area contributed by atoms with Gasteiger partial charge in [0.15, 0.2) is 0 Å². The lowest BCUT2D eigenvalue weighted by Gasteiger charge is -2.24. The molecular formula is C11H20N2OS. The van der Waals surface area contributed by atoms with Gasteiger partial charge in [0.2, 0.25) is 0 Å². The highest BCUT2D eigenvalue weighted by atomic mass is 32.1. The van der Waals surface area contributed by atoms with Crippen molar-refractivity contribution in [3.8, 4) is 0 Å². The molecule has 1 aromatic heterocycles. The Kier molecular flexibility index (Phi) is 4.25. The predicted octanol–water partition coefficient (Wildman–Crippen LogP) is 2.01. The van der Waals surface area contributed by atoms with Crippen molar-refractivity contribution >= 4 is 11.3 Å². The highest BCUT2D eigenvalue weighted by Crippen LogP contribution is 2.17. The van der Waals surface area contributed by atoms with E-state index in [1.165, 1.54) is 4.88 Å². The average molecular weight is 228 g/mol. The number of aliphatic hydroxyl groups is 1. The largest absolute Gasteiger partial charge is 0.396 e. The van der Waals surface area contributed by atoms with E-state index in [-0.39, 0.29) is 12.1 Å². The molecule has 0 spiro atoms. The minimum absolute atomic E-state index is 0.0256. The van der Waals surface area contributed by atoms with E-state index in [1.54, 1.807) is 11.3 Å². The van der Waals surface area contributed by atoms with E-state index in [2.05, 4.69) is 31.1 Å². The van der Waals surface area contributed by atoms with Crippen LogP contribution in [0.2, 0.25) is 0 Å². The average Bonchev–Trinajstić information content (AvgIpc) is 2.44. The van der Waals surface area contributed by atoms with Gasteiger partial charge in [-0.1, -0.05) is 0 Å². The van der Waals surface area contributed by atoms with Gasteiger partial charge >= 0.3 is 0 Å². The molecule has 0 saturated carbocycles. The van der Waals surface area contributed by atoms with E-state index in [4.69, 9.17) is 5.11 Å². The Labute approximate surface area is 95.6 Å². The summed E-state index contributed by atoms with van der Waals surface area (Å²) in [7, 11) is 0. The van der Waals surface area contributed by atoms with Crippen molar-refractivity contribution in [1.82, 2.24) is 10.3 Å². The van der Waals surface area contributed by atoms with Crippen LogP contribution < -0.4 is 5.32 Å². The Morgan fingerprint density at radius 3 is 2.53 bits per heavy atom. The first kappa shape index (κ1) is 12.6. The van der Waals surface area contributed by atoms with Crippen LogP contribution in [0.25, 0.3) is 0 Å². The summed E-state index contributed by atoms with van der Waals surface area (Å²) in [6, 6.07) is 0. The van der Waals surface area contributed by atoms with E-state index in [1.807, 2.05) is 6.92 Å². The predicted molar refractivity (Wildman–Crippen MR) is 64.2 cm³/mol. The number of aromatic nitrogens is 1.